The molecular formula is C16H34N2. The van der Waals surface area contributed by atoms with Crippen LogP contribution in [0, 0.1) is 5.92 Å². The topological polar surface area (TPSA) is 15.3 Å². The summed E-state index contributed by atoms with van der Waals surface area (Å²) in [4.78, 5) is 2.75. The predicted molar refractivity (Wildman–Crippen MR) is 81.0 cm³/mol. The van der Waals surface area contributed by atoms with Gasteiger partial charge in [-0.25, -0.2) is 0 Å². The lowest BCUT2D eigenvalue weighted by Gasteiger charge is -2.28. The first kappa shape index (κ1) is 16.0. The van der Waals surface area contributed by atoms with Gasteiger partial charge in [0.2, 0.25) is 0 Å². The lowest BCUT2D eigenvalue weighted by molar-refractivity contribution is 0.215. The average molecular weight is 254 g/mol. The van der Waals surface area contributed by atoms with E-state index in [4.69, 9.17) is 0 Å². The molecule has 0 aromatic carbocycles. The molecule has 1 unspecified atom stereocenters. The lowest BCUT2D eigenvalue weighted by Crippen LogP contribution is -2.43. The maximum Gasteiger partial charge on any atom is 0.0195 e. The van der Waals surface area contributed by atoms with Crippen molar-refractivity contribution in [3.63, 3.8) is 0 Å². The second kappa shape index (κ2) is 8.92. The number of rotatable bonds is 11. The van der Waals surface area contributed by atoms with Crippen molar-refractivity contribution in [1.29, 1.82) is 0 Å². The van der Waals surface area contributed by atoms with Gasteiger partial charge in [-0.2, -0.15) is 0 Å². The maximum absolute atomic E-state index is 3.73. The van der Waals surface area contributed by atoms with Crippen molar-refractivity contribution in [2.24, 2.45) is 5.92 Å². The Morgan fingerprint density at radius 2 is 1.83 bits per heavy atom. The van der Waals surface area contributed by atoms with E-state index in [1.165, 1.54) is 58.2 Å². The Hall–Kier alpha value is -0.0800. The lowest BCUT2D eigenvalue weighted by atomic mass is 10.1. The summed E-state index contributed by atoms with van der Waals surface area (Å²) in [7, 11) is 0. The Balaban J connectivity index is 2.35. The van der Waals surface area contributed by atoms with Gasteiger partial charge in [-0.1, -0.05) is 34.1 Å². The van der Waals surface area contributed by atoms with E-state index in [0.717, 1.165) is 12.0 Å². The standard InChI is InChI=1S/C16H34N2/c1-5-7-15(17-11-6-2)13-18(16-8-9-16)12-10-14(3)4/h14-17H,5-13H2,1-4H3. The molecule has 1 N–H and O–H groups in total. The van der Waals surface area contributed by atoms with Crippen molar-refractivity contribution in [3.05, 3.63) is 0 Å². The van der Waals surface area contributed by atoms with Crippen molar-refractivity contribution in [2.75, 3.05) is 19.6 Å². The molecule has 1 saturated carbocycles. The Morgan fingerprint density at radius 3 is 2.33 bits per heavy atom. The van der Waals surface area contributed by atoms with Gasteiger partial charge in [-0.3, -0.25) is 4.90 Å². The summed E-state index contributed by atoms with van der Waals surface area (Å²) in [5.41, 5.74) is 0. The quantitative estimate of drug-likeness (QED) is 0.605. The largest absolute Gasteiger partial charge is 0.313 e. The molecule has 18 heavy (non-hydrogen) atoms. The summed E-state index contributed by atoms with van der Waals surface area (Å²) in [5.74, 6) is 0.833. The molecule has 0 amide bonds. The third kappa shape index (κ3) is 6.75. The summed E-state index contributed by atoms with van der Waals surface area (Å²) in [5, 5.41) is 3.73. The fourth-order valence-corrected chi connectivity index (χ4v) is 2.52. The van der Waals surface area contributed by atoms with Crippen LogP contribution in [0.1, 0.15) is 66.2 Å². The molecule has 0 bridgehead atoms. The Labute approximate surface area is 115 Å². The number of nitrogens with one attached hydrogen (secondary N) is 1. The third-order valence-electron chi connectivity index (χ3n) is 3.83. The molecule has 0 heterocycles. The molecule has 1 rings (SSSR count). The maximum atomic E-state index is 3.73. The second-order valence-electron chi connectivity index (χ2n) is 6.35. The van der Waals surface area contributed by atoms with Crippen molar-refractivity contribution in [3.8, 4) is 0 Å². The molecule has 0 aromatic rings. The van der Waals surface area contributed by atoms with E-state index in [2.05, 4.69) is 37.9 Å². The van der Waals surface area contributed by atoms with E-state index in [-0.39, 0.29) is 0 Å². The molecule has 2 nitrogen and oxygen atoms in total. The van der Waals surface area contributed by atoms with Gasteiger partial charge in [-0.15, -0.1) is 0 Å². The highest BCUT2D eigenvalue weighted by Gasteiger charge is 2.29. The van der Waals surface area contributed by atoms with Crippen LogP contribution in [-0.4, -0.2) is 36.6 Å². The molecule has 0 saturated heterocycles. The zero-order valence-corrected chi connectivity index (χ0v) is 13.0. The van der Waals surface area contributed by atoms with Gasteiger partial charge in [0.25, 0.3) is 0 Å². The van der Waals surface area contributed by atoms with Gasteiger partial charge in [0.15, 0.2) is 0 Å². The van der Waals surface area contributed by atoms with Crippen LogP contribution >= 0.6 is 0 Å². The Bertz CT molecular complexity index is 199. The summed E-state index contributed by atoms with van der Waals surface area (Å²) < 4.78 is 0. The van der Waals surface area contributed by atoms with Crippen LogP contribution in [0.15, 0.2) is 0 Å². The molecule has 0 radical (unpaired) electrons. The molecule has 1 aliphatic carbocycles. The minimum absolute atomic E-state index is 0.711. The van der Waals surface area contributed by atoms with Gasteiger partial charge in [0.1, 0.15) is 0 Å². The molecule has 1 aliphatic rings. The van der Waals surface area contributed by atoms with Gasteiger partial charge in [0, 0.05) is 18.6 Å². The smallest absolute Gasteiger partial charge is 0.0195 e. The predicted octanol–water partition coefficient (Wildman–Crippen LogP) is 3.67. The Morgan fingerprint density at radius 1 is 1.11 bits per heavy atom. The molecule has 1 atom stereocenters. The van der Waals surface area contributed by atoms with Gasteiger partial charge >= 0.3 is 0 Å². The first-order valence-electron chi connectivity index (χ1n) is 8.14. The molecular weight excluding hydrogens is 220 g/mol. The number of hydrogen-bond acceptors (Lipinski definition) is 2. The van der Waals surface area contributed by atoms with E-state index in [1.54, 1.807) is 0 Å². The first-order valence-corrected chi connectivity index (χ1v) is 8.14. The van der Waals surface area contributed by atoms with E-state index in [9.17, 15) is 0 Å². The summed E-state index contributed by atoms with van der Waals surface area (Å²) >= 11 is 0. The van der Waals surface area contributed by atoms with Crippen LogP contribution in [0.2, 0.25) is 0 Å². The molecule has 1 fully saturated rings. The van der Waals surface area contributed by atoms with Crippen LogP contribution in [-0.2, 0) is 0 Å². The fraction of sp³-hybridized carbons (Fsp3) is 1.00. The first-order chi connectivity index (χ1) is 8.67. The van der Waals surface area contributed by atoms with Crippen LogP contribution in [0.3, 0.4) is 0 Å². The monoisotopic (exact) mass is 254 g/mol. The Kier molecular flexibility index (Phi) is 7.92. The fourth-order valence-electron chi connectivity index (χ4n) is 2.52. The molecule has 0 aliphatic heterocycles. The van der Waals surface area contributed by atoms with Gasteiger partial charge in [-0.05, 0) is 51.1 Å². The summed E-state index contributed by atoms with van der Waals surface area (Å²) in [6, 6.07) is 1.62. The van der Waals surface area contributed by atoms with E-state index < -0.39 is 0 Å². The highest BCUT2D eigenvalue weighted by molar-refractivity contribution is 4.87. The van der Waals surface area contributed by atoms with E-state index in [1.807, 2.05) is 0 Å². The number of hydrogen-bond donors (Lipinski definition) is 1. The summed E-state index contributed by atoms with van der Waals surface area (Å²) in [6.07, 6.45) is 8.09. The zero-order valence-electron chi connectivity index (χ0n) is 13.0. The van der Waals surface area contributed by atoms with Crippen molar-refractivity contribution in [2.45, 2.75) is 78.3 Å². The van der Waals surface area contributed by atoms with E-state index in [0.29, 0.717) is 6.04 Å². The highest BCUT2D eigenvalue weighted by atomic mass is 15.2. The van der Waals surface area contributed by atoms with Crippen molar-refractivity contribution >= 4 is 0 Å². The molecule has 0 aromatic heterocycles. The van der Waals surface area contributed by atoms with Crippen LogP contribution in [0.4, 0.5) is 0 Å². The molecule has 0 spiro atoms. The van der Waals surface area contributed by atoms with Crippen LogP contribution < -0.4 is 5.32 Å². The minimum atomic E-state index is 0.711. The van der Waals surface area contributed by atoms with E-state index >= 15 is 0 Å². The normalized spacial score (nSPS) is 17.7. The van der Waals surface area contributed by atoms with Crippen LogP contribution in [0.5, 0.6) is 0 Å². The average Bonchev–Trinajstić information content (AvgIpc) is 3.15. The zero-order chi connectivity index (χ0) is 13.4. The minimum Gasteiger partial charge on any atom is -0.313 e. The van der Waals surface area contributed by atoms with Crippen LogP contribution in [0.25, 0.3) is 0 Å². The summed E-state index contributed by atoms with van der Waals surface area (Å²) in [6.45, 7) is 13.0. The van der Waals surface area contributed by atoms with Gasteiger partial charge < -0.3 is 5.32 Å². The molecule has 2 heteroatoms. The van der Waals surface area contributed by atoms with Crippen molar-refractivity contribution < 1.29 is 0 Å². The van der Waals surface area contributed by atoms with Gasteiger partial charge in [0.05, 0.1) is 0 Å². The van der Waals surface area contributed by atoms with Crippen molar-refractivity contribution in [1.82, 2.24) is 10.2 Å². The third-order valence-corrected chi connectivity index (χ3v) is 3.83. The SMILES string of the molecule is CCCNC(CCC)CN(CCC(C)C)C1CC1. The molecule has 108 valence electrons. The number of nitrogens with zero attached hydrogens (tertiary/aromatic N) is 1. The second-order valence-corrected chi connectivity index (χ2v) is 6.35. The highest BCUT2D eigenvalue weighted by Crippen LogP contribution is 2.27.